The van der Waals surface area contributed by atoms with E-state index in [2.05, 4.69) is 35.3 Å². The molecular formula is C17H20O5. The van der Waals surface area contributed by atoms with Gasteiger partial charge < -0.3 is 14.6 Å². The molecule has 0 radical (unpaired) electrons. The topological polar surface area (TPSA) is 72.8 Å². The molecule has 0 aliphatic carbocycles. The molecule has 0 spiro atoms. The Morgan fingerprint density at radius 3 is 2.64 bits per heavy atom. The average molecular weight is 304 g/mol. The molecule has 2 atom stereocenters. The van der Waals surface area contributed by atoms with Crippen LogP contribution < -0.4 is 0 Å². The lowest BCUT2D eigenvalue weighted by Gasteiger charge is -2.14. The van der Waals surface area contributed by atoms with E-state index in [1.807, 2.05) is 0 Å². The summed E-state index contributed by atoms with van der Waals surface area (Å²) < 4.78 is 9.56. The Bertz CT molecular complexity index is 553. The van der Waals surface area contributed by atoms with Crippen molar-refractivity contribution < 1.29 is 24.2 Å². The third-order valence-corrected chi connectivity index (χ3v) is 2.77. The number of unbranched alkanes of at least 4 members (excludes halogenated alkanes) is 3. The van der Waals surface area contributed by atoms with Crippen LogP contribution in [0, 0.1) is 23.7 Å². The summed E-state index contributed by atoms with van der Waals surface area (Å²) in [5.74, 6) is 10.4. The number of carbonyl (C=O) groups is 2. The van der Waals surface area contributed by atoms with Crippen molar-refractivity contribution in [3.05, 3.63) is 11.6 Å². The van der Waals surface area contributed by atoms with Gasteiger partial charge in [-0.3, -0.25) is 4.79 Å². The molecule has 5 nitrogen and oxygen atoms in total. The van der Waals surface area contributed by atoms with E-state index in [-0.39, 0.29) is 5.57 Å². The summed E-state index contributed by atoms with van der Waals surface area (Å²) >= 11 is 0. The van der Waals surface area contributed by atoms with E-state index in [1.54, 1.807) is 0 Å². The summed E-state index contributed by atoms with van der Waals surface area (Å²) in [4.78, 5) is 22.2. The van der Waals surface area contributed by atoms with E-state index in [1.165, 1.54) is 6.92 Å². The molecule has 0 saturated carbocycles. The minimum absolute atomic E-state index is 0.140. The summed E-state index contributed by atoms with van der Waals surface area (Å²) in [6, 6.07) is 0. The molecule has 5 heteroatoms. The molecule has 0 aromatic heterocycles. The molecule has 0 bridgehead atoms. The first kappa shape index (κ1) is 17.8. The Labute approximate surface area is 130 Å². The van der Waals surface area contributed by atoms with Gasteiger partial charge in [0, 0.05) is 32.3 Å². The van der Waals surface area contributed by atoms with Crippen LogP contribution in [0.2, 0.25) is 0 Å². The highest BCUT2D eigenvalue weighted by Gasteiger charge is 2.31. The molecule has 2 unspecified atom stereocenters. The highest BCUT2D eigenvalue weighted by Crippen LogP contribution is 2.19. The van der Waals surface area contributed by atoms with Gasteiger partial charge in [-0.2, -0.15) is 0 Å². The second-order valence-electron chi connectivity index (χ2n) is 4.70. The van der Waals surface area contributed by atoms with Gasteiger partial charge in [0.25, 0.3) is 0 Å². The van der Waals surface area contributed by atoms with E-state index in [0.29, 0.717) is 12.8 Å². The lowest BCUT2D eigenvalue weighted by atomic mass is 10.1. The first-order valence-electron chi connectivity index (χ1n) is 7.26. The molecule has 1 aliphatic heterocycles. The molecule has 1 rings (SSSR count). The summed E-state index contributed by atoms with van der Waals surface area (Å²) in [5.41, 5.74) is 0.140. The second kappa shape index (κ2) is 9.65. The maximum atomic E-state index is 11.1. The zero-order valence-corrected chi connectivity index (χ0v) is 12.8. The number of aliphatic hydroxyl groups is 1. The van der Waals surface area contributed by atoms with Gasteiger partial charge in [0.05, 0.1) is 5.57 Å². The van der Waals surface area contributed by atoms with Crippen molar-refractivity contribution in [2.24, 2.45) is 0 Å². The van der Waals surface area contributed by atoms with Gasteiger partial charge >= 0.3 is 11.9 Å². The van der Waals surface area contributed by atoms with Gasteiger partial charge in [0.2, 0.25) is 6.29 Å². The fraction of sp³-hybridized carbons (Fsp3) is 0.529. The number of rotatable bonds is 5. The number of hydrogen-bond donors (Lipinski definition) is 1. The maximum Gasteiger partial charge on any atom is 0.333 e. The van der Waals surface area contributed by atoms with Gasteiger partial charge in [-0.1, -0.05) is 25.2 Å². The van der Waals surface area contributed by atoms with Gasteiger partial charge in [0.15, 0.2) is 6.10 Å². The molecule has 0 aromatic carbocycles. The number of carbonyl (C=O) groups excluding carboxylic acids is 2. The third kappa shape index (κ3) is 6.47. The molecule has 0 aromatic rings. The minimum atomic E-state index is -1.42. The Hall–Kier alpha value is -2.24. The first-order valence-corrected chi connectivity index (χ1v) is 7.26. The zero-order chi connectivity index (χ0) is 16.4. The Morgan fingerprint density at radius 1 is 1.36 bits per heavy atom. The van der Waals surface area contributed by atoms with Gasteiger partial charge in [-0.15, -0.1) is 11.8 Å². The maximum absolute atomic E-state index is 11.1. The predicted octanol–water partition coefficient (Wildman–Crippen LogP) is 1.70. The minimum Gasteiger partial charge on any atom is -0.444 e. The summed E-state index contributed by atoms with van der Waals surface area (Å²) in [5, 5.41) is 9.57. The van der Waals surface area contributed by atoms with Gasteiger partial charge in [-0.25, -0.2) is 4.79 Å². The number of ether oxygens (including phenoxy) is 2. The predicted molar refractivity (Wildman–Crippen MR) is 80.0 cm³/mol. The van der Waals surface area contributed by atoms with E-state index in [9.17, 15) is 14.7 Å². The Balaban J connectivity index is 2.57. The van der Waals surface area contributed by atoms with Crippen molar-refractivity contribution in [2.75, 3.05) is 0 Å². The average Bonchev–Trinajstić information content (AvgIpc) is 2.79. The number of aliphatic hydroxyl groups excluding tert-OH is 1. The summed E-state index contributed by atoms with van der Waals surface area (Å²) in [6.07, 6.45) is 2.95. The van der Waals surface area contributed by atoms with Crippen molar-refractivity contribution in [3.63, 3.8) is 0 Å². The van der Waals surface area contributed by atoms with Gasteiger partial charge in [0.1, 0.15) is 0 Å². The van der Waals surface area contributed by atoms with Crippen molar-refractivity contribution in [3.8, 4) is 23.7 Å². The molecule has 1 heterocycles. The quantitative estimate of drug-likeness (QED) is 0.475. The Morgan fingerprint density at radius 2 is 2.05 bits per heavy atom. The van der Waals surface area contributed by atoms with Crippen LogP contribution in [-0.4, -0.2) is 29.4 Å². The fourth-order valence-electron chi connectivity index (χ4n) is 1.70. The summed E-state index contributed by atoms with van der Waals surface area (Å²) in [7, 11) is 0. The lowest BCUT2D eigenvalue weighted by molar-refractivity contribution is -0.152. The van der Waals surface area contributed by atoms with Crippen molar-refractivity contribution in [1.82, 2.24) is 0 Å². The van der Waals surface area contributed by atoms with Crippen LogP contribution in [0.1, 0.15) is 46.0 Å². The number of esters is 2. The molecular weight excluding hydrogens is 284 g/mol. The van der Waals surface area contributed by atoms with Crippen molar-refractivity contribution >= 4 is 11.9 Å². The fourth-order valence-corrected chi connectivity index (χ4v) is 1.70. The van der Waals surface area contributed by atoms with Gasteiger partial charge in [-0.05, 0) is 6.42 Å². The molecule has 118 valence electrons. The van der Waals surface area contributed by atoms with Crippen molar-refractivity contribution in [1.29, 1.82) is 0 Å². The van der Waals surface area contributed by atoms with Crippen LogP contribution >= 0.6 is 0 Å². The molecule has 0 amide bonds. The van der Waals surface area contributed by atoms with E-state index < -0.39 is 24.3 Å². The normalized spacial score (nSPS) is 17.3. The van der Waals surface area contributed by atoms with E-state index in [0.717, 1.165) is 25.3 Å². The lowest BCUT2D eigenvalue weighted by Crippen LogP contribution is -2.24. The van der Waals surface area contributed by atoms with Crippen LogP contribution in [0.3, 0.4) is 0 Å². The van der Waals surface area contributed by atoms with Crippen LogP contribution in [0.25, 0.3) is 0 Å². The highest BCUT2D eigenvalue weighted by atomic mass is 16.6. The monoisotopic (exact) mass is 304 g/mol. The Kier molecular flexibility index (Phi) is 7.81. The van der Waals surface area contributed by atoms with Crippen LogP contribution in [0.4, 0.5) is 0 Å². The van der Waals surface area contributed by atoms with Crippen LogP contribution in [-0.2, 0) is 19.1 Å². The number of hydrogen-bond acceptors (Lipinski definition) is 5. The summed E-state index contributed by atoms with van der Waals surface area (Å²) in [6.45, 7) is 3.35. The highest BCUT2D eigenvalue weighted by molar-refractivity contribution is 5.86. The van der Waals surface area contributed by atoms with Crippen molar-refractivity contribution in [2.45, 2.75) is 58.3 Å². The largest absolute Gasteiger partial charge is 0.444 e. The van der Waals surface area contributed by atoms with Crippen LogP contribution in [0.5, 0.6) is 0 Å². The molecule has 1 aliphatic rings. The van der Waals surface area contributed by atoms with E-state index in [4.69, 9.17) is 4.74 Å². The molecule has 0 fully saturated rings. The number of cyclic esters (lactones) is 1. The van der Waals surface area contributed by atoms with E-state index >= 15 is 0 Å². The molecule has 22 heavy (non-hydrogen) atoms. The second-order valence-corrected chi connectivity index (χ2v) is 4.70. The standard InChI is InChI=1S/C17H20O5/c1-3-4-5-6-7-8-9-10-11-15(21-13(2)18)14-12-16(19)22-17(14)20/h12,15,17,20H,3-5,8-9H2,1-2H3. The van der Waals surface area contributed by atoms with Crippen LogP contribution in [0.15, 0.2) is 11.6 Å². The smallest absolute Gasteiger partial charge is 0.333 e. The zero-order valence-electron chi connectivity index (χ0n) is 12.8. The first-order chi connectivity index (χ1) is 10.5. The molecule has 1 N–H and O–H groups in total. The third-order valence-electron chi connectivity index (χ3n) is 2.77. The molecule has 0 saturated heterocycles. The SMILES string of the molecule is CCCCC#CCCC#CC(OC(C)=O)C1=CC(=O)OC1O.